The van der Waals surface area contributed by atoms with Crippen molar-refractivity contribution in [2.75, 3.05) is 19.8 Å². The van der Waals surface area contributed by atoms with Gasteiger partial charge in [-0.25, -0.2) is 4.99 Å². The number of hydrogen-bond donors (Lipinski definition) is 1. The van der Waals surface area contributed by atoms with Gasteiger partial charge >= 0.3 is 0 Å². The van der Waals surface area contributed by atoms with Crippen LogP contribution in [0.4, 0.5) is 5.69 Å². The van der Waals surface area contributed by atoms with Gasteiger partial charge in [0.05, 0.1) is 31.2 Å². The van der Waals surface area contributed by atoms with E-state index >= 15 is 0 Å². The first-order chi connectivity index (χ1) is 13.2. The lowest BCUT2D eigenvalue weighted by Gasteiger charge is -2.09. The average molecular weight is 385 g/mol. The van der Waals surface area contributed by atoms with Gasteiger partial charge in [-0.05, 0) is 67.9 Å². The maximum Gasteiger partial charge on any atom is 0.190 e. The van der Waals surface area contributed by atoms with E-state index in [1.807, 2.05) is 66.9 Å². The number of benzene rings is 2. The molecule has 0 spiro atoms. The molecule has 27 heavy (non-hydrogen) atoms. The standard InChI is InChI=1S/C21H24N2O3S/c1-3-25-18-9-5-16(6-10-18)20-15-27-21(23(20)13-14-24)22-17-7-11-19(12-8-17)26-4-2/h5-12,15,24H,3-4,13-14H2,1-2H3. The molecule has 0 amide bonds. The Bertz CT molecular complexity index is 912. The Morgan fingerprint density at radius 2 is 1.52 bits per heavy atom. The Morgan fingerprint density at radius 1 is 0.926 bits per heavy atom. The summed E-state index contributed by atoms with van der Waals surface area (Å²) in [6.45, 7) is 5.76. The fourth-order valence-electron chi connectivity index (χ4n) is 2.75. The summed E-state index contributed by atoms with van der Waals surface area (Å²) in [7, 11) is 0. The van der Waals surface area contributed by atoms with Crippen molar-refractivity contribution in [2.45, 2.75) is 20.4 Å². The van der Waals surface area contributed by atoms with Crippen LogP contribution in [0.25, 0.3) is 11.3 Å². The lowest BCUT2D eigenvalue weighted by molar-refractivity contribution is 0.275. The van der Waals surface area contributed by atoms with Crippen LogP contribution in [0.5, 0.6) is 11.5 Å². The highest BCUT2D eigenvalue weighted by molar-refractivity contribution is 7.07. The Kier molecular flexibility index (Phi) is 6.68. The van der Waals surface area contributed by atoms with Gasteiger partial charge in [0.15, 0.2) is 4.80 Å². The molecule has 1 heterocycles. The molecule has 0 saturated heterocycles. The number of ether oxygens (including phenoxy) is 2. The third-order valence-electron chi connectivity index (χ3n) is 3.95. The van der Waals surface area contributed by atoms with Gasteiger partial charge in [0.25, 0.3) is 0 Å². The molecule has 0 radical (unpaired) electrons. The van der Waals surface area contributed by atoms with Crippen LogP contribution in [-0.2, 0) is 6.54 Å². The first kappa shape index (κ1) is 19.2. The van der Waals surface area contributed by atoms with Gasteiger partial charge in [-0.2, -0.15) is 0 Å². The number of aliphatic hydroxyl groups excluding tert-OH is 1. The van der Waals surface area contributed by atoms with Gasteiger partial charge < -0.3 is 19.1 Å². The highest BCUT2D eigenvalue weighted by Gasteiger charge is 2.08. The summed E-state index contributed by atoms with van der Waals surface area (Å²) in [5.74, 6) is 1.69. The molecule has 0 fully saturated rings. The zero-order chi connectivity index (χ0) is 19.1. The van der Waals surface area contributed by atoms with Gasteiger partial charge in [-0.15, -0.1) is 11.3 Å². The van der Waals surface area contributed by atoms with Crippen LogP contribution in [0.3, 0.4) is 0 Å². The van der Waals surface area contributed by atoms with E-state index in [1.54, 1.807) is 11.3 Å². The summed E-state index contributed by atoms with van der Waals surface area (Å²) in [6, 6.07) is 15.7. The molecule has 0 atom stereocenters. The number of nitrogens with zero attached hydrogens (tertiary/aromatic N) is 2. The summed E-state index contributed by atoms with van der Waals surface area (Å²) in [5, 5.41) is 11.6. The fourth-order valence-corrected chi connectivity index (χ4v) is 3.70. The number of thiazole rings is 1. The normalized spacial score (nSPS) is 11.6. The summed E-state index contributed by atoms with van der Waals surface area (Å²) < 4.78 is 13.0. The smallest absolute Gasteiger partial charge is 0.190 e. The number of rotatable bonds is 8. The van der Waals surface area contributed by atoms with Gasteiger partial charge in [-0.1, -0.05) is 0 Å². The number of hydrogen-bond acceptors (Lipinski definition) is 5. The molecule has 0 unspecified atom stereocenters. The number of aliphatic hydroxyl groups is 1. The third-order valence-corrected chi connectivity index (χ3v) is 4.82. The first-order valence-electron chi connectivity index (χ1n) is 9.05. The number of aromatic nitrogens is 1. The van der Waals surface area contributed by atoms with E-state index in [1.165, 1.54) is 0 Å². The SMILES string of the molecule is CCOc1ccc(N=c2scc(-c3ccc(OCC)cc3)n2CCO)cc1. The molecular formula is C21H24N2O3S. The molecule has 1 aromatic heterocycles. The van der Waals surface area contributed by atoms with Crippen molar-refractivity contribution in [3.63, 3.8) is 0 Å². The van der Waals surface area contributed by atoms with Crippen molar-refractivity contribution in [2.24, 2.45) is 4.99 Å². The fraction of sp³-hybridized carbons (Fsp3) is 0.286. The second-order valence-corrected chi connectivity index (χ2v) is 6.61. The maximum absolute atomic E-state index is 9.52. The second-order valence-electron chi connectivity index (χ2n) is 5.77. The molecule has 6 heteroatoms. The summed E-state index contributed by atoms with van der Waals surface area (Å²) >= 11 is 1.56. The molecule has 3 rings (SSSR count). The minimum Gasteiger partial charge on any atom is -0.494 e. The largest absolute Gasteiger partial charge is 0.494 e. The zero-order valence-electron chi connectivity index (χ0n) is 15.6. The molecule has 0 saturated carbocycles. The molecular weight excluding hydrogens is 360 g/mol. The van der Waals surface area contributed by atoms with Gasteiger partial charge in [-0.3, -0.25) is 0 Å². The predicted octanol–water partition coefficient (Wildman–Crippen LogP) is 4.24. The van der Waals surface area contributed by atoms with Crippen LogP contribution >= 0.6 is 11.3 Å². The van der Waals surface area contributed by atoms with Crippen LogP contribution in [0.2, 0.25) is 0 Å². The highest BCUT2D eigenvalue weighted by atomic mass is 32.1. The van der Waals surface area contributed by atoms with Crippen molar-refractivity contribution in [1.29, 1.82) is 0 Å². The van der Waals surface area contributed by atoms with Gasteiger partial charge in [0, 0.05) is 11.9 Å². The molecule has 0 aliphatic heterocycles. The molecule has 0 aliphatic carbocycles. The Balaban J connectivity index is 1.94. The van der Waals surface area contributed by atoms with Crippen LogP contribution in [0, 0.1) is 0 Å². The molecule has 1 N–H and O–H groups in total. The minimum absolute atomic E-state index is 0.0528. The molecule has 142 valence electrons. The Labute approximate surface area is 163 Å². The van der Waals surface area contributed by atoms with Crippen LogP contribution in [-0.4, -0.2) is 29.5 Å². The lowest BCUT2D eigenvalue weighted by Crippen LogP contribution is -2.17. The van der Waals surface area contributed by atoms with E-state index in [0.717, 1.165) is 33.2 Å². The van der Waals surface area contributed by atoms with Crippen molar-refractivity contribution in [1.82, 2.24) is 4.57 Å². The van der Waals surface area contributed by atoms with Crippen LogP contribution in [0.1, 0.15) is 13.8 Å². The summed E-state index contributed by atoms with van der Waals surface area (Å²) in [4.78, 5) is 5.59. The highest BCUT2D eigenvalue weighted by Crippen LogP contribution is 2.24. The predicted molar refractivity (Wildman–Crippen MR) is 109 cm³/mol. The quantitative estimate of drug-likeness (QED) is 0.632. The Hall–Kier alpha value is -2.57. The van der Waals surface area contributed by atoms with E-state index in [4.69, 9.17) is 14.5 Å². The van der Waals surface area contributed by atoms with Crippen LogP contribution in [0.15, 0.2) is 58.9 Å². The van der Waals surface area contributed by atoms with E-state index in [9.17, 15) is 5.11 Å². The van der Waals surface area contributed by atoms with Gasteiger partial charge in [0.1, 0.15) is 11.5 Å². The van der Waals surface area contributed by atoms with Crippen molar-refractivity contribution in [3.8, 4) is 22.8 Å². The van der Waals surface area contributed by atoms with E-state index in [0.29, 0.717) is 19.8 Å². The van der Waals surface area contributed by atoms with Crippen molar-refractivity contribution in [3.05, 3.63) is 58.7 Å². The van der Waals surface area contributed by atoms with Crippen molar-refractivity contribution >= 4 is 17.0 Å². The second kappa shape index (κ2) is 9.39. The molecule has 0 bridgehead atoms. The lowest BCUT2D eigenvalue weighted by atomic mass is 10.1. The average Bonchev–Trinajstić information content (AvgIpc) is 3.07. The van der Waals surface area contributed by atoms with E-state index in [-0.39, 0.29) is 6.61 Å². The molecule has 5 nitrogen and oxygen atoms in total. The zero-order valence-corrected chi connectivity index (χ0v) is 16.4. The van der Waals surface area contributed by atoms with Gasteiger partial charge in [0.2, 0.25) is 0 Å². The maximum atomic E-state index is 9.52. The monoisotopic (exact) mass is 384 g/mol. The van der Waals surface area contributed by atoms with Crippen molar-refractivity contribution < 1.29 is 14.6 Å². The summed E-state index contributed by atoms with van der Waals surface area (Å²) in [6.07, 6.45) is 0. The molecule has 3 aromatic rings. The Morgan fingerprint density at radius 3 is 2.07 bits per heavy atom. The summed E-state index contributed by atoms with van der Waals surface area (Å²) in [5.41, 5.74) is 2.95. The van der Waals surface area contributed by atoms with E-state index < -0.39 is 0 Å². The molecule has 0 aliphatic rings. The van der Waals surface area contributed by atoms with Crippen LogP contribution < -0.4 is 14.3 Å². The topological polar surface area (TPSA) is 56.0 Å². The van der Waals surface area contributed by atoms with E-state index in [2.05, 4.69) is 5.38 Å². The first-order valence-corrected chi connectivity index (χ1v) is 9.93. The molecule has 2 aromatic carbocycles. The third kappa shape index (κ3) is 4.78. The minimum atomic E-state index is 0.0528.